The molecule has 0 unspecified atom stereocenters. The van der Waals surface area contributed by atoms with E-state index in [2.05, 4.69) is 0 Å². The highest BCUT2D eigenvalue weighted by Gasteiger charge is 2.08. The van der Waals surface area contributed by atoms with Gasteiger partial charge in [0.05, 0.1) is 0 Å². The van der Waals surface area contributed by atoms with Crippen LogP contribution in [0.3, 0.4) is 0 Å². The minimum atomic E-state index is 0.176. The number of carbonyl (C=O) groups is 1. The predicted molar refractivity (Wildman–Crippen MR) is 91.0 cm³/mol. The Labute approximate surface area is 136 Å². The first-order chi connectivity index (χ1) is 10.6. The van der Waals surface area contributed by atoms with Gasteiger partial charge in [0.25, 0.3) is 0 Å². The number of hydrogen-bond donors (Lipinski definition) is 1. The third kappa shape index (κ3) is 5.45. The van der Waals surface area contributed by atoms with Crippen LogP contribution in [0.15, 0.2) is 59.5 Å². The molecule has 116 valence electrons. The summed E-state index contributed by atoms with van der Waals surface area (Å²) in [5.41, 5.74) is 1.15. The fourth-order valence-corrected chi connectivity index (χ4v) is 2.95. The van der Waals surface area contributed by atoms with Crippen LogP contribution in [-0.2, 0) is 11.3 Å². The van der Waals surface area contributed by atoms with Gasteiger partial charge in [-0.2, -0.15) is 0 Å². The van der Waals surface area contributed by atoms with Gasteiger partial charge in [-0.05, 0) is 42.0 Å². The van der Waals surface area contributed by atoms with E-state index in [0.29, 0.717) is 13.0 Å². The summed E-state index contributed by atoms with van der Waals surface area (Å²) in [7, 11) is 1.85. The summed E-state index contributed by atoms with van der Waals surface area (Å²) in [6, 6.07) is 17.2. The minimum Gasteiger partial charge on any atom is -0.508 e. The quantitative estimate of drug-likeness (QED) is 0.622. The number of aromatic hydroxyl groups is 1. The summed E-state index contributed by atoms with van der Waals surface area (Å²) in [5, 5.41) is 9.22. The number of hydrogen-bond acceptors (Lipinski definition) is 3. The number of phenolic OH excluding ortho intramolecular Hbond substituents is 1. The van der Waals surface area contributed by atoms with Crippen LogP contribution in [0.5, 0.6) is 5.75 Å². The second kappa shape index (κ2) is 8.49. The molecule has 2 aromatic rings. The summed E-state index contributed by atoms with van der Waals surface area (Å²) in [4.78, 5) is 15.0. The van der Waals surface area contributed by atoms with E-state index in [1.807, 2.05) is 49.5 Å². The maximum absolute atomic E-state index is 12.1. The molecule has 2 aromatic carbocycles. The molecule has 0 spiro atoms. The highest BCUT2D eigenvalue weighted by molar-refractivity contribution is 7.99. The number of thioether (sulfide) groups is 1. The molecular weight excluding hydrogens is 294 g/mol. The topological polar surface area (TPSA) is 40.5 Å². The molecule has 0 aliphatic heterocycles. The zero-order valence-corrected chi connectivity index (χ0v) is 13.6. The zero-order valence-electron chi connectivity index (χ0n) is 12.7. The Morgan fingerprint density at radius 2 is 1.77 bits per heavy atom. The molecule has 0 fully saturated rings. The van der Waals surface area contributed by atoms with Crippen molar-refractivity contribution in [2.75, 3.05) is 12.8 Å². The van der Waals surface area contributed by atoms with E-state index in [0.717, 1.165) is 22.6 Å². The summed E-state index contributed by atoms with van der Waals surface area (Å²) in [5.74, 6) is 1.35. The van der Waals surface area contributed by atoms with E-state index in [4.69, 9.17) is 0 Å². The lowest BCUT2D eigenvalue weighted by Gasteiger charge is -2.17. The van der Waals surface area contributed by atoms with Gasteiger partial charge >= 0.3 is 0 Å². The van der Waals surface area contributed by atoms with Gasteiger partial charge in [-0.15, -0.1) is 11.8 Å². The molecule has 0 aliphatic carbocycles. The van der Waals surface area contributed by atoms with Crippen molar-refractivity contribution in [3.8, 4) is 5.75 Å². The third-order valence-corrected chi connectivity index (χ3v) is 4.43. The fourth-order valence-electron chi connectivity index (χ4n) is 2.09. The van der Waals surface area contributed by atoms with E-state index in [9.17, 15) is 9.90 Å². The molecule has 0 aromatic heterocycles. The second-order valence-corrected chi connectivity index (χ2v) is 6.35. The van der Waals surface area contributed by atoms with Crippen molar-refractivity contribution in [2.24, 2.45) is 0 Å². The van der Waals surface area contributed by atoms with Crippen molar-refractivity contribution in [1.82, 2.24) is 4.90 Å². The van der Waals surface area contributed by atoms with Crippen molar-refractivity contribution in [3.63, 3.8) is 0 Å². The number of nitrogens with zero attached hydrogens (tertiary/aromatic N) is 1. The predicted octanol–water partition coefficient (Wildman–Crippen LogP) is 3.92. The Bertz CT molecular complexity index is 584. The SMILES string of the molecule is CN(Cc1ccccc1)C(=O)CCCSc1ccc(O)cc1. The van der Waals surface area contributed by atoms with Crippen LogP contribution >= 0.6 is 11.8 Å². The van der Waals surface area contributed by atoms with Crippen molar-refractivity contribution in [2.45, 2.75) is 24.3 Å². The van der Waals surface area contributed by atoms with Gasteiger partial charge < -0.3 is 10.0 Å². The van der Waals surface area contributed by atoms with E-state index < -0.39 is 0 Å². The van der Waals surface area contributed by atoms with Gasteiger partial charge in [-0.1, -0.05) is 30.3 Å². The van der Waals surface area contributed by atoms with Gasteiger partial charge in [0.15, 0.2) is 0 Å². The zero-order chi connectivity index (χ0) is 15.8. The van der Waals surface area contributed by atoms with Crippen LogP contribution in [0.1, 0.15) is 18.4 Å². The smallest absolute Gasteiger partial charge is 0.222 e. The number of phenols is 1. The van der Waals surface area contributed by atoms with Crippen LogP contribution < -0.4 is 0 Å². The monoisotopic (exact) mass is 315 g/mol. The largest absolute Gasteiger partial charge is 0.508 e. The highest BCUT2D eigenvalue weighted by atomic mass is 32.2. The Hall–Kier alpha value is -1.94. The number of benzene rings is 2. The number of carbonyl (C=O) groups excluding carboxylic acids is 1. The lowest BCUT2D eigenvalue weighted by molar-refractivity contribution is -0.130. The molecule has 0 saturated carbocycles. The molecule has 3 nitrogen and oxygen atoms in total. The van der Waals surface area contributed by atoms with E-state index in [1.54, 1.807) is 28.8 Å². The molecule has 0 bridgehead atoms. The average molecular weight is 315 g/mol. The summed E-state index contributed by atoms with van der Waals surface area (Å²) >= 11 is 1.70. The molecule has 1 N–H and O–H groups in total. The van der Waals surface area contributed by atoms with E-state index >= 15 is 0 Å². The Morgan fingerprint density at radius 1 is 1.09 bits per heavy atom. The molecule has 2 rings (SSSR count). The fraction of sp³-hybridized carbons (Fsp3) is 0.278. The molecular formula is C18H21NO2S. The molecule has 0 saturated heterocycles. The summed E-state index contributed by atoms with van der Waals surface area (Å²) < 4.78 is 0. The van der Waals surface area contributed by atoms with E-state index in [-0.39, 0.29) is 11.7 Å². The molecule has 0 heterocycles. The average Bonchev–Trinajstić information content (AvgIpc) is 2.54. The maximum Gasteiger partial charge on any atom is 0.222 e. The van der Waals surface area contributed by atoms with Crippen LogP contribution in [0.4, 0.5) is 0 Å². The maximum atomic E-state index is 12.1. The number of rotatable bonds is 7. The van der Waals surface area contributed by atoms with Crippen molar-refractivity contribution >= 4 is 17.7 Å². The molecule has 0 atom stereocenters. The summed E-state index contributed by atoms with van der Waals surface area (Å²) in [6.07, 6.45) is 1.41. The van der Waals surface area contributed by atoms with Gasteiger partial charge in [0, 0.05) is 24.9 Å². The van der Waals surface area contributed by atoms with Crippen molar-refractivity contribution < 1.29 is 9.90 Å². The van der Waals surface area contributed by atoms with Crippen LogP contribution in [-0.4, -0.2) is 28.7 Å². The van der Waals surface area contributed by atoms with Crippen molar-refractivity contribution in [1.29, 1.82) is 0 Å². The van der Waals surface area contributed by atoms with E-state index in [1.165, 1.54) is 0 Å². The Kier molecular flexibility index (Phi) is 6.34. The van der Waals surface area contributed by atoms with Crippen LogP contribution in [0, 0.1) is 0 Å². The molecule has 1 amide bonds. The first-order valence-electron chi connectivity index (χ1n) is 7.35. The highest BCUT2D eigenvalue weighted by Crippen LogP contribution is 2.21. The second-order valence-electron chi connectivity index (χ2n) is 5.18. The standard InChI is InChI=1S/C18H21NO2S/c1-19(14-15-6-3-2-4-7-15)18(21)8-5-13-22-17-11-9-16(20)10-12-17/h2-4,6-7,9-12,20H,5,8,13-14H2,1H3. The van der Waals surface area contributed by atoms with Gasteiger partial charge in [-0.3, -0.25) is 4.79 Å². The molecule has 0 aliphatic rings. The van der Waals surface area contributed by atoms with Crippen molar-refractivity contribution in [3.05, 3.63) is 60.2 Å². The van der Waals surface area contributed by atoms with Crippen LogP contribution in [0.25, 0.3) is 0 Å². The van der Waals surface area contributed by atoms with Crippen LogP contribution in [0.2, 0.25) is 0 Å². The molecule has 22 heavy (non-hydrogen) atoms. The molecule has 0 radical (unpaired) electrons. The normalized spacial score (nSPS) is 10.4. The summed E-state index contributed by atoms with van der Waals surface area (Å²) in [6.45, 7) is 0.658. The Morgan fingerprint density at radius 3 is 2.45 bits per heavy atom. The van der Waals surface area contributed by atoms with Gasteiger partial charge in [-0.25, -0.2) is 0 Å². The Balaban J connectivity index is 1.67. The first kappa shape index (κ1) is 16.4. The minimum absolute atomic E-state index is 0.176. The van der Waals surface area contributed by atoms with Gasteiger partial charge in [0.1, 0.15) is 5.75 Å². The third-order valence-electron chi connectivity index (χ3n) is 3.33. The van der Waals surface area contributed by atoms with Gasteiger partial charge in [0.2, 0.25) is 5.91 Å². The number of amides is 1. The first-order valence-corrected chi connectivity index (χ1v) is 8.33. The molecule has 4 heteroatoms. The lowest BCUT2D eigenvalue weighted by atomic mass is 10.2. The lowest BCUT2D eigenvalue weighted by Crippen LogP contribution is -2.25.